The Balaban J connectivity index is 1.98. The quantitative estimate of drug-likeness (QED) is 0.844. The van der Waals surface area contributed by atoms with Gasteiger partial charge in [0.2, 0.25) is 0 Å². The molecular weight excluding hydrogens is 228 g/mol. The van der Waals surface area contributed by atoms with Crippen LogP contribution in [0.15, 0.2) is 41.9 Å². The average molecular weight is 246 g/mol. The van der Waals surface area contributed by atoms with Crippen molar-refractivity contribution in [3.63, 3.8) is 0 Å². The third kappa shape index (κ3) is 3.65. The normalized spacial score (nSPS) is 12.5. The topological polar surface area (TPSA) is 24.9 Å². The molecule has 1 aromatic carbocycles. The summed E-state index contributed by atoms with van der Waals surface area (Å²) in [4.78, 5) is 4.33. The molecule has 1 heterocycles. The highest BCUT2D eigenvalue weighted by molar-refractivity contribution is 7.09. The molecule has 0 bridgehead atoms. The number of aryl methyl sites for hydroxylation is 1. The Morgan fingerprint density at radius 3 is 2.76 bits per heavy atom. The molecular formula is C14H18N2S. The predicted octanol–water partition coefficient (Wildman–Crippen LogP) is 3.43. The van der Waals surface area contributed by atoms with Crippen molar-refractivity contribution in [1.29, 1.82) is 0 Å². The average Bonchev–Trinajstić information content (AvgIpc) is 2.88. The maximum atomic E-state index is 4.33. The molecule has 0 aliphatic heterocycles. The Morgan fingerprint density at radius 2 is 2.12 bits per heavy atom. The molecule has 2 aromatic rings. The number of rotatable bonds is 6. The maximum Gasteiger partial charge on any atom is 0.0925 e. The summed E-state index contributed by atoms with van der Waals surface area (Å²) < 4.78 is 0. The lowest BCUT2D eigenvalue weighted by molar-refractivity contribution is 0.515. The first kappa shape index (κ1) is 12.3. The van der Waals surface area contributed by atoms with Crippen LogP contribution < -0.4 is 5.32 Å². The van der Waals surface area contributed by atoms with Gasteiger partial charge in [-0.15, -0.1) is 11.3 Å². The van der Waals surface area contributed by atoms with Gasteiger partial charge < -0.3 is 5.32 Å². The second kappa shape index (κ2) is 6.52. The van der Waals surface area contributed by atoms with E-state index in [0.29, 0.717) is 6.04 Å². The second-order valence-corrected chi connectivity index (χ2v) is 4.96. The molecule has 2 nitrogen and oxygen atoms in total. The van der Waals surface area contributed by atoms with E-state index in [2.05, 4.69) is 47.6 Å². The van der Waals surface area contributed by atoms with E-state index in [9.17, 15) is 0 Å². The van der Waals surface area contributed by atoms with Crippen LogP contribution in [0.1, 0.15) is 30.0 Å². The lowest BCUT2D eigenvalue weighted by atomic mass is 10.0. The van der Waals surface area contributed by atoms with Crippen molar-refractivity contribution in [2.75, 3.05) is 6.54 Å². The largest absolute Gasteiger partial charge is 0.310 e. The van der Waals surface area contributed by atoms with Gasteiger partial charge in [-0.2, -0.15) is 0 Å². The van der Waals surface area contributed by atoms with Gasteiger partial charge >= 0.3 is 0 Å². The molecule has 0 amide bonds. The molecule has 1 aromatic heterocycles. The van der Waals surface area contributed by atoms with Crippen molar-refractivity contribution in [3.05, 3.63) is 52.5 Å². The Hall–Kier alpha value is -1.19. The van der Waals surface area contributed by atoms with Crippen molar-refractivity contribution in [2.45, 2.75) is 25.8 Å². The zero-order chi connectivity index (χ0) is 11.9. The van der Waals surface area contributed by atoms with Crippen LogP contribution in [0.3, 0.4) is 0 Å². The molecule has 90 valence electrons. The highest BCUT2D eigenvalue weighted by Gasteiger charge is 2.10. The fourth-order valence-electron chi connectivity index (χ4n) is 1.96. The number of nitrogens with zero attached hydrogens (tertiary/aromatic N) is 1. The zero-order valence-corrected chi connectivity index (χ0v) is 10.9. The van der Waals surface area contributed by atoms with Crippen molar-refractivity contribution in [1.82, 2.24) is 10.3 Å². The minimum absolute atomic E-state index is 0.435. The third-order valence-corrected chi connectivity index (χ3v) is 3.62. The van der Waals surface area contributed by atoms with Gasteiger partial charge in [-0.25, -0.2) is 4.98 Å². The smallest absolute Gasteiger partial charge is 0.0925 e. The van der Waals surface area contributed by atoms with Crippen molar-refractivity contribution >= 4 is 11.3 Å². The fourth-order valence-corrected chi connectivity index (χ4v) is 2.60. The van der Waals surface area contributed by atoms with Crippen LogP contribution in [-0.2, 0) is 6.42 Å². The van der Waals surface area contributed by atoms with Crippen LogP contribution in [0.2, 0.25) is 0 Å². The van der Waals surface area contributed by atoms with Crippen molar-refractivity contribution in [3.8, 4) is 0 Å². The van der Waals surface area contributed by atoms with E-state index >= 15 is 0 Å². The van der Waals surface area contributed by atoms with E-state index < -0.39 is 0 Å². The summed E-state index contributed by atoms with van der Waals surface area (Å²) in [5.74, 6) is 0. The molecule has 3 heteroatoms. The van der Waals surface area contributed by atoms with Gasteiger partial charge in [-0.05, 0) is 18.5 Å². The van der Waals surface area contributed by atoms with Crippen molar-refractivity contribution < 1.29 is 0 Å². The highest BCUT2D eigenvalue weighted by Crippen LogP contribution is 2.19. The van der Waals surface area contributed by atoms with Crippen molar-refractivity contribution in [2.24, 2.45) is 0 Å². The number of hydrogen-bond acceptors (Lipinski definition) is 3. The molecule has 0 aliphatic carbocycles. The van der Waals surface area contributed by atoms with Crippen LogP contribution in [0.4, 0.5) is 0 Å². The number of thiazole rings is 1. The van der Waals surface area contributed by atoms with Gasteiger partial charge in [-0.1, -0.05) is 37.3 Å². The Kier molecular flexibility index (Phi) is 4.71. The Bertz CT molecular complexity index is 411. The standard InChI is InChI=1S/C14H18N2S/c1-2-15-13(12-6-4-3-5-7-12)8-9-14-16-10-11-17-14/h3-7,10-11,13,15H,2,8-9H2,1H3. The highest BCUT2D eigenvalue weighted by atomic mass is 32.1. The van der Waals surface area contributed by atoms with Gasteiger partial charge in [-0.3, -0.25) is 0 Å². The van der Waals surface area contributed by atoms with Crippen LogP contribution in [0, 0.1) is 0 Å². The minimum atomic E-state index is 0.435. The Labute approximate surface area is 107 Å². The Morgan fingerprint density at radius 1 is 1.29 bits per heavy atom. The summed E-state index contributed by atoms with van der Waals surface area (Å²) in [6.45, 7) is 3.15. The SMILES string of the molecule is CCNC(CCc1nccs1)c1ccccc1. The van der Waals surface area contributed by atoms with E-state index in [-0.39, 0.29) is 0 Å². The van der Waals surface area contributed by atoms with Gasteiger partial charge in [0.25, 0.3) is 0 Å². The summed E-state index contributed by atoms with van der Waals surface area (Å²) in [5.41, 5.74) is 1.37. The molecule has 1 atom stereocenters. The maximum absolute atomic E-state index is 4.33. The summed E-state index contributed by atoms with van der Waals surface area (Å²) in [6.07, 6.45) is 4.03. The third-order valence-electron chi connectivity index (χ3n) is 2.78. The van der Waals surface area contributed by atoms with E-state index in [1.165, 1.54) is 10.6 Å². The lowest BCUT2D eigenvalue weighted by Gasteiger charge is -2.17. The predicted molar refractivity (Wildman–Crippen MR) is 73.3 cm³/mol. The van der Waals surface area contributed by atoms with E-state index in [1.807, 2.05) is 11.6 Å². The van der Waals surface area contributed by atoms with Gasteiger partial charge in [0, 0.05) is 24.0 Å². The molecule has 1 N–H and O–H groups in total. The number of hydrogen-bond donors (Lipinski definition) is 1. The van der Waals surface area contributed by atoms with E-state index in [0.717, 1.165) is 19.4 Å². The van der Waals surface area contributed by atoms with Crippen LogP contribution in [0.25, 0.3) is 0 Å². The summed E-state index contributed by atoms with van der Waals surface area (Å²) in [5, 5.41) is 6.81. The first-order valence-electron chi connectivity index (χ1n) is 6.07. The zero-order valence-electron chi connectivity index (χ0n) is 10.1. The molecule has 17 heavy (non-hydrogen) atoms. The van der Waals surface area contributed by atoms with E-state index in [4.69, 9.17) is 0 Å². The summed E-state index contributed by atoms with van der Waals surface area (Å²) in [7, 11) is 0. The number of benzene rings is 1. The fraction of sp³-hybridized carbons (Fsp3) is 0.357. The molecule has 0 saturated heterocycles. The first-order valence-corrected chi connectivity index (χ1v) is 6.95. The van der Waals surface area contributed by atoms with Gasteiger partial charge in [0.05, 0.1) is 5.01 Å². The monoisotopic (exact) mass is 246 g/mol. The van der Waals surface area contributed by atoms with Crippen LogP contribution in [-0.4, -0.2) is 11.5 Å². The summed E-state index contributed by atoms with van der Waals surface area (Å²) in [6, 6.07) is 11.1. The molecule has 0 fully saturated rings. The van der Waals surface area contributed by atoms with Gasteiger partial charge in [0.1, 0.15) is 0 Å². The minimum Gasteiger partial charge on any atom is -0.310 e. The number of aromatic nitrogens is 1. The number of nitrogens with one attached hydrogen (secondary N) is 1. The van der Waals surface area contributed by atoms with Gasteiger partial charge in [0.15, 0.2) is 0 Å². The van der Waals surface area contributed by atoms with Crippen LogP contribution in [0.5, 0.6) is 0 Å². The second-order valence-electron chi connectivity index (χ2n) is 3.99. The molecule has 2 rings (SSSR count). The lowest BCUT2D eigenvalue weighted by Crippen LogP contribution is -2.21. The molecule has 0 radical (unpaired) electrons. The molecule has 0 aliphatic rings. The molecule has 0 spiro atoms. The first-order chi connectivity index (χ1) is 8.40. The molecule has 0 saturated carbocycles. The summed E-state index contributed by atoms with van der Waals surface area (Å²) >= 11 is 1.74. The van der Waals surface area contributed by atoms with E-state index in [1.54, 1.807) is 11.3 Å². The van der Waals surface area contributed by atoms with Crippen LogP contribution >= 0.6 is 11.3 Å². The molecule has 1 unspecified atom stereocenters.